The summed E-state index contributed by atoms with van der Waals surface area (Å²) < 4.78 is 39.1. The van der Waals surface area contributed by atoms with Crippen molar-refractivity contribution in [3.63, 3.8) is 0 Å². The molecule has 0 aliphatic carbocycles. The summed E-state index contributed by atoms with van der Waals surface area (Å²) in [6.45, 7) is 4.89. The predicted molar refractivity (Wildman–Crippen MR) is 116 cm³/mol. The first-order valence-electron chi connectivity index (χ1n) is 10.1. The van der Waals surface area contributed by atoms with Crippen LogP contribution in [0, 0.1) is 5.82 Å². The van der Waals surface area contributed by atoms with Crippen molar-refractivity contribution in [3.05, 3.63) is 65.5 Å². The topological polar surface area (TPSA) is 69.7 Å². The zero-order valence-electron chi connectivity index (χ0n) is 17.3. The number of anilines is 1. The van der Waals surface area contributed by atoms with Gasteiger partial charge in [-0.15, -0.1) is 0 Å². The first-order valence-corrected chi connectivity index (χ1v) is 11.9. The van der Waals surface area contributed by atoms with Gasteiger partial charge in [-0.3, -0.25) is 14.0 Å². The second kappa shape index (κ2) is 9.57. The van der Waals surface area contributed by atoms with Gasteiger partial charge in [-0.25, -0.2) is 12.8 Å². The molecule has 1 atom stereocenters. The molecule has 2 aromatic carbocycles. The molecular formula is C22H28FN3O3S. The molecule has 1 aliphatic rings. The van der Waals surface area contributed by atoms with Gasteiger partial charge < -0.3 is 5.32 Å². The molecule has 30 heavy (non-hydrogen) atoms. The van der Waals surface area contributed by atoms with Crippen LogP contribution in [0.5, 0.6) is 0 Å². The molecule has 1 unspecified atom stereocenters. The molecule has 1 aliphatic heterocycles. The number of likely N-dealkylation sites (tertiary alicyclic amines) is 1. The van der Waals surface area contributed by atoms with E-state index in [9.17, 15) is 17.6 Å². The minimum absolute atomic E-state index is 0.118. The maximum atomic E-state index is 13.6. The summed E-state index contributed by atoms with van der Waals surface area (Å²) in [5, 5.41) is 2.80. The third kappa shape index (κ3) is 5.79. The van der Waals surface area contributed by atoms with Crippen LogP contribution in [-0.4, -0.2) is 44.6 Å². The smallest absolute Gasteiger partial charge is 0.243 e. The number of hydrogen-bond donors (Lipinski definition) is 1. The Morgan fingerprint density at radius 1 is 1.13 bits per heavy atom. The van der Waals surface area contributed by atoms with Gasteiger partial charge in [0.05, 0.1) is 11.9 Å². The molecule has 6 nitrogen and oxygen atoms in total. The Kier molecular flexibility index (Phi) is 7.10. The van der Waals surface area contributed by atoms with Crippen LogP contribution in [0.3, 0.4) is 0 Å². The van der Waals surface area contributed by atoms with E-state index in [-0.39, 0.29) is 12.2 Å². The van der Waals surface area contributed by atoms with Gasteiger partial charge in [-0.2, -0.15) is 0 Å². The van der Waals surface area contributed by atoms with Crippen LogP contribution in [0.2, 0.25) is 0 Å². The normalized spacial score (nSPS) is 15.7. The highest BCUT2D eigenvalue weighted by Gasteiger charge is 2.29. The predicted octanol–water partition coefficient (Wildman–Crippen LogP) is 2.89. The van der Waals surface area contributed by atoms with Crippen molar-refractivity contribution in [1.29, 1.82) is 0 Å². The van der Waals surface area contributed by atoms with E-state index in [2.05, 4.69) is 22.3 Å². The van der Waals surface area contributed by atoms with Crippen molar-refractivity contribution < 1.29 is 17.6 Å². The lowest BCUT2D eigenvalue weighted by Crippen LogP contribution is -2.47. The Bertz CT molecular complexity index is 991. The van der Waals surface area contributed by atoms with Crippen molar-refractivity contribution in [1.82, 2.24) is 10.2 Å². The first kappa shape index (κ1) is 22.2. The maximum absolute atomic E-state index is 13.6. The van der Waals surface area contributed by atoms with E-state index in [1.54, 1.807) is 0 Å². The van der Waals surface area contributed by atoms with E-state index < -0.39 is 27.8 Å². The number of halogens is 1. The summed E-state index contributed by atoms with van der Waals surface area (Å²) in [6.07, 6.45) is 3.47. The Morgan fingerprint density at radius 3 is 2.47 bits per heavy atom. The molecule has 1 heterocycles. The molecule has 1 fully saturated rings. The van der Waals surface area contributed by atoms with Crippen molar-refractivity contribution in [2.75, 3.05) is 23.7 Å². The molecule has 2 aromatic rings. The minimum Gasteiger partial charge on any atom is -0.350 e. The third-order valence-corrected chi connectivity index (χ3v) is 6.46. The Morgan fingerprint density at radius 2 is 1.80 bits per heavy atom. The summed E-state index contributed by atoms with van der Waals surface area (Å²) in [6, 6.07) is 12.2. The maximum Gasteiger partial charge on any atom is 0.243 e. The summed E-state index contributed by atoms with van der Waals surface area (Å²) in [5.74, 6) is -1.02. The average molecular weight is 434 g/mol. The molecule has 1 amide bonds. The quantitative estimate of drug-likeness (QED) is 0.695. The first-order chi connectivity index (χ1) is 14.2. The third-order valence-electron chi connectivity index (χ3n) is 5.21. The SMILES string of the molecule is CC(C(=O)NCc1cccc(CN2CCCC2)c1)N(c1cccc(F)c1)S(C)(=O)=O. The monoisotopic (exact) mass is 433 g/mol. The van der Waals surface area contributed by atoms with Crippen molar-refractivity contribution in [2.24, 2.45) is 0 Å². The highest BCUT2D eigenvalue weighted by atomic mass is 32.2. The lowest BCUT2D eigenvalue weighted by atomic mass is 10.1. The fourth-order valence-electron chi connectivity index (χ4n) is 3.80. The highest BCUT2D eigenvalue weighted by Crippen LogP contribution is 2.22. The van der Waals surface area contributed by atoms with E-state index >= 15 is 0 Å². The number of benzene rings is 2. The van der Waals surface area contributed by atoms with E-state index in [1.165, 1.54) is 43.5 Å². The van der Waals surface area contributed by atoms with Crippen LogP contribution >= 0.6 is 0 Å². The van der Waals surface area contributed by atoms with Crippen LogP contribution in [0.15, 0.2) is 48.5 Å². The molecule has 0 bridgehead atoms. The second-order valence-electron chi connectivity index (χ2n) is 7.74. The standard InChI is InChI=1S/C22H28FN3O3S/c1-17(26(30(2,28)29)21-10-6-9-20(23)14-21)22(27)24-15-18-7-5-8-19(13-18)16-25-11-3-4-12-25/h5-10,13-14,17H,3-4,11-12,15-16H2,1-2H3,(H,24,27). The van der Waals surface area contributed by atoms with Gasteiger partial charge in [0.15, 0.2) is 0 Å². The molecule has 0 aromatic heterocycles. The average Bonchev–Trinajstić information content (AvgIpc) is 3.18. The number of carbonyl (C=O) groups excluding carboxylic acids is 1. The summed E-state index contributed by atoms with van der Waals surface area (Å²) in [4.78, 5) is 15.1. The zero-order chi connectivity index (χ0) is 21.7. The Balaban J connectivity index is 1.67. The van der Waals surface area contributed by atoms with E-state index in [0.717, 1.165) is 41.8 Å². The van der Waals surface area contributed by atoms with Gasteiger partial charge in [0.25, 0.3) is 0 Å². The Labute approximate surface area is 177 Å². The molecule has 3 rings (SSSR count). The summed E-state index contributed by atoms with van der Waals surface area (Å²) in [7, 11) is -3.78. The van der Waals surface area contributed by atoms with Gasteiger partial charge >= 0.3 is 0 Å². The number of rotatable bonds is 8. The molecule has 162 valence electrons. The van der Waals surface area contributed by atoms with Gasteiger partial charge in [0.2, 0.25) is 15.9 Å². The minimum atomic E-state index is -3.78. The Hall–Kier alpha value is -2.45. The van der Waals surface area contributed by atoms with Crippen LogP contribution in [-0.2, 0) is 27.9 Å². The van der Waals surface area contributed by atoms with Crippen molar-refractivity contribution in [3.8, 4) is 0 Å². The molecule has 1 N–H and O–H groups in total. The van der Waals surface area contributed by atoms with Crippen LogP contribution < -0.4 is 9.62 Å². The molecule has 1 saturated heterocycles. The molecule has 0 spiro atoms. The van der Waals surface area contributed by atoms with Gasteiger partial charge in [0.1, 0.15) is 11.9 Å². The van der Waals surface area contributed by atoms with E-state index in [1.807, 2.05) is 12.1 Å². The molecule has 8 heteroatoms. The zero-order valence-corrected chi connectivity index (χ0v) is 18.2. The number of sulfonamides is 1. The van der Waals surface area contributed by atoms with Gasteiger partial charge in [0, 0.05) is 13.1 Å². The fraction of sp³-hybridized carbons (Fsp3) is 0.409. The van der Waals surface area contributed by atoms with Gasteiger partial charge in [-0.1, -0.05) is 30.3 Å². The summed E-state index contributed by atoms with van der Waals surface area (Å²) in [5.41, 5.74) is 2.26. The largest absolute Gasteiger partial charge is 0.350 e. The number of nitrogens with zero attached hydrogens (tertiary/aromatic N) is 2. The van der Waals surface area contributed by atoms with Crippen LogP contribution in [0.4, 0.5) is 10.1 Å². The number of nitrogens with one attached hydrogen (secondary N) is 1. The van der Waals surface area contributed by atoms with Crippen LogP contribution in [0.1, 0.15) is 30.9 Å². The lowest BCUT2D eigenvalue weighted by Gasteiger charge is -2.28. The van der Waals surface area contributed by atoms with Gasteiger partial charge in [-0.05, 0) is 62.2 Å². The van der Waals surface area contributed by atoms with E-state index in [4.69, 9.17) is 0 Å². The second-order valence-corrected chi connectivity index (χ2v) is 9.60. The molecular weight excluding hydrogens is 405 g/mol. The van der Waals surface area contributed by atoms with E-state index in [0.29, 0.717) is 0 Å². The number of amides is 1. The molecule has 0 radical (unpaired) electrons. The number of carbonyl (C=O) groups is 1. The van der Waals surface area contributed by atoms with Crippen molar-refractivity contribution >= 4 is 21.6 Å². The fourth-order valence-corrected chi connectivity index (χ4v) is 4.96. The van der Waals surface area contributed by atoms with Crippen LogP contribution in [0.25, 0.3) is 0 Å². The lowest BCUT2D eigenvalue weighted by molar-refractivity contribution is -0.122. The summed E-state index contributed by atoms with van der Waals surface area (Å²) >= 11 is 0. The number of hydrogen-bond acceptors (Lipinski definition) is 4. The van der Waals surface area contributed by atoms with Crippen molar-refractivity contribution in [2.45, 2.75) is 38.9 Å². The highest BCUT2D eigenvalue weighted by molar-refractivity contribution is 7.92. The molecule has 0 saturated carbocycles.